The molecule has 5 N–H and O–H groups in total. The third kappa shape index (κ3) is 6.57. The van der Waals surface area contributed by atoms with Gasteiger partial charge in [-0.3, -0.25) is 4.79 Å². The van der Waals surface area contributed by atoms with E-state index >= 15 is 0 Å². The number of carboxylic acids is 1. The van der Waals surface area contributed by atoms with Crippen molar-refractivity contribution in [3.63, 3.8) is 0 Å². The molecule has 21 heavy (non-hydrogen) atoms. The number of amides is 1. The summed E-state index contributed by atoms with van der Waals surface area (Å²) in [6.45, 7) is 1.56. The lowest BCUT2D eigenvalue weighted by Crippen LogP contribution is -2.94. The summed E-state index contributed by atoms with van der Waals surface area (Å²) in [6, 6.07) is 5.92. The van der Waals surface area contributed by atoms with Gasteiger partial charge in [0, 0.05) is 6.42 Å². The number of para-hydroxylation sites is 1. The molecule has 0 fully saturated rings. The van der Waals surface area contributed by atoms with E-state index in [1.54, 1.807) is 29.6 Å². The lowest BCUT2D eigenvalue weighted by molar-refractivity contribution is -0.692. The SMILES string of the molecule is C[NH2+]CCC[NH2+][C@H](CC(=O)Nc1ccccc1Cl)C(=O)[O-]. The van der Waals surface area contributed by atoms with Crippen LogP contribution < -0.4 is 21.1 Å². The third-order valence-electron chi connectivity index (χ3n) is 3.00. The van der Waals surface area contributed by atoms with E-state index < -0.39 is 17.9 Å². The first-order valence-electron chi connectivity index (χ1n) is 6.91. The lowest BCUT2D eigenvalue weighted by Gasteiger charge is -2.16. The normalized spacial score (nSPS) is 11.9. The number of nitrogens with two attached hydrogens (primary N) is 2. The summed E-state index contributed by atoms with van der Waals surface area (Å²) < 4.78 is 0. The number of hydrogen-bond acceptors (Lipinski definition) is 3. The number of nitrogens with one attached hydrogen (secondary N) is 1. The van der Waals surface area contributed by atoms with E-state index in [-0.39, 0.29) is 6.42 Å². The summed E-state index contributed by atoms with van der Waals surface area (Å²) >= 11 is 5.93. The maximum absolute atomic E-state index is 11.9. The van der Waals surface area contributed by atoms with Crippen LogP contribution in [0.3, 0.4) is 0 Å². The molecule has 0 heterocycles. The number of aliphatic carboxylic acids is 1. The predicted molar refractivity (Wildman–Crippen MR) is 77.6 cm³/mol. The molecule has 1 atom stereocenters. The number of halogens is 1. The molecule has 0 aromatic heterocycles. The first-order valence-corrected chi connectivity index (χ1v) is 7.28. The Balaban J connectivity index is 2.49. The molecule has 116 valence electrons. The second-order valence-electron chi connectivity index (χ2n) is 4.73. The van der Waals surface area contributed by atoms with Crippen molar-refractivity contribution in [2.45, 2.75) is 18.9 Å². The first kappa shape index (κ1) is 17.4. The van der Waals surface area contributed by atoms with E-state index in [0.29, 0.717) is 17.3 Å². The highest BCUT2D eigenvalue weighted by molar-refractivity contribution is 6.33. The zero-order chi connectivity index (χ0) is 15.7. The largest absolute Gasteiger partial charge is 0.544 e. The van der Waals surface area contributed by atoms with Crippen molar-refractivity contribution in [1.82, 2.24) is 0 Å². The van der Waals surface area contributed by atoms with Gasteiger partial charge in [0.05, 0.1) is 43.2 Å². The minimum atomic E-state index is -1.23. The standard InChI is InChI=1S/C14H20ClN3O3/c1-16-7-4-8-17-12(14(20)21)9-13(19)18-11-6-3-2-5-10(11)15/h2-3,5-6,12,16-17H,4,7-9H2,1H3,(H,18,19)(H,20,21)/p+1/t12-/m1/s1. The maximum atomic E-state index is 11.9. The molecule has 1 aromatic carbocycles. The number of rotatable bonds is 9. The van der Waals surface area contributed by atoms with Crippen molar-refractivity contribution < 1.29 is 25.3 Å². The molecule has 0 bridgehead atoms. The highest BCUT2D eigenvalue weighted by Gasteiger charge is 2.18. The topological polar surface area (TPSA) is 102 Å². The summed E-state index contributed by atoms with van der Waals surface area (Å²) in [5, 5.41) is 17.7. The van der Waals surface area contributed by atoms with Crippen LogP contribution in [0.15, 0.2) is 24.3 Å². The Kier molecular flexibility index (Phi) is 7.74. The quantitative estimate of drug-likeness (QED) is 0.456. The predicted octanol–water partition coefficient (Wildman–Crippen LogP) is -2.07. The van der Waals surface area contributed by atoms with E-state index in [2.05, 4.69) is 5.32 Å². The van der Waals surface area contributed by atoms with Crippen molar-refractivity contribution >= 4 is 29.2 Å². The molecule has 7 heteroatoms. The lowest BCUT2D eigenvalue weighted by atomic mass is 10.2. The number of carboxylic acid groups (broad SMARTS) is 1. The number of anilines is 1. The van der Waals surface area contributed by atoms with E-state index in [1.807, 2.05) is 12.4 Å². The molecule has 0 aliphatic heterocycles. The monoisotopic (exact) mass is 314 g/mol. The molecule has 1 rings (SSSR count). The molecule has 1 amide bonds. The van der Waals surface area contributed by atoms with Crippen molar-refractivity contribution in [2.75, 3.05) is 25.5 Å². The summed E-state index contributed by atoms with van der Waals surface area (Å²) in [5.41, 5.74) is 0.474. The van der Waals surface area contributed by atoms with Crippen molar-refractivity contribution in [1.29, 1.82) is 0 Å². The van der Waals surface area contributed by atoms with Gasteiger partial charge in [0.2, 0.25) is 5.91 Å². The van der Waals surface area contributed by atoms with Gasteiger partial charge < -0.3 is 25.9 Å². The van der Waals surface area contributed by atoms with Gasteiger partial charge in [-0.15, -0.1) is 0 Å². The number of carbonyl (C=O) groups excluding carboxylic acids is 2. The highest BCUT2D eigenvalue weighted by Crippen LogP contribution is 2.20. The van der Waals surface area contributed by atoms with Crippen LogP contribution in [0.2, 0.25) is 5.02 Å². The summed E-state index contributed by atoms with van der Waals surface area (Å²) in [6.07, 6.45) is 0.718. The smallest absolute Gasteiger partial charge is 0.230 e. The Hall–Kier alpha value is -1.63. The Morgan fingerprint density at radius 3 is 2.67 bits per heavy atom. The van der Waals surface area contributed by atoms with Gasteiger partial charge in [0.1, 0.15) is 6.04 Å². The Labute approximate surface area is 128 Å². The van der Waals surface area contributed by atoms with Crippen LogP contribution in [-0.4, -0.2) is 38.1 Å². The average Bonchev–Trinajstić information content (AvgIpc) is 2.44. The zero-order valence-electron chi connectivity index (χ0n) is 12.0. The molecular weight excluding hydrogens is 294 g/mol. The van der Waals surface area contributed by atoms with Gasteiger partial charge in [0.25, 0.3) is 0 Å². The van der Waals surface area contributed by atoms with E-state index in [4.69, 9.17) is 11.6 Å². The van der Waals surface area contributed by atoms with Gasteiger partial charge in [-0.1, -0.05) is 23.7 Å². The van der Waals surface area contributed by atoms with Crippen LogP contribution >= 0.6 is 11.6 Å². The molecule has 0 saturated carbocycles. The van der Waals surface area contributed by atoms with E-state index in [9.17, 15) is 14.7 Å². The maximum Gasteiger partial charge on any atom is 0.230 e. The van der Waals surface area contributed by atoms with Crippen LogP contribution in [0.5, 0.6) is 0 Å². The number of carbonyl (C=O) groups is 2. The van der Waals surface area contributed by atoms with Gasteiger partial charge >= 0.3 is 0 Å². The first-order chi connectivity index (χ1) is 10.0. The molecule has 0 unspecified atom stereocenters. The van der Waals surface area contributed by atoms with Crippen LogP contribution in [-0.2, 0) is 9.59 Å². The molecule has 0 radical (unpaired) electrons. The van der Waals surface area contributed by atoms with E-state index in [0.717, 1.165) is 13.0 Å². The molecular formula is C14H21ClN3O3+. The minimum Gasteiger partial charge on any atom is -0.544 e. The van der Waals surface area contributed by atoms with Gasteiger partial charge in [-0.2, -0.15) is 0 Å². The average molecular weight is 315 g/mol. The fraction of sp³-hybridized carbons (Fsp3) is 0.429. The van der Waals surface area contributed by atoms with Crippen LogP contribution in [0.25, 0.3) is 0 Å². The van der Waals surface area contributed by atoms with Crippen molar-refractivity contribution in [3.8, 4) is 0 Å². The number of quaternary nitrogens is 2. The fourth-order valence-corrected chi connectivity index (χ4v) is 2.05. The van der Waals surface area contributed by atoms with Crippen molar-refractivity contribution in [3.05, 3.63) is 29.3 Å². The molecule has 6 nitrogen and oxygen atoms in total. The second-order valence-corrected chi connectivity index (χ2v) is 5.14. The Morgan fingerprint density at radius 2 is 2.05 bits per heavy atom. The number of benzene rings is 1. The summed E-state index contributed by atoms with van der Waals surface area (Å²) in [4.78, 5) is 22.9. The van der Waals surface area contributed by atoms with Crippen molar-refractivity contribution in [2.24, 2.45) is 0 Å². The molecule has 0 aliphatic rings. The molecule has 1 aromatic rings. The molecule has 0 saturated heterocycles. The number of hydrogen-bond donors (Lipinski definition) is 3. The third-order valence-corrected chi connectivity index (χ3v) is 3.33. The second kappa shape index (κ2) is 9.33. The fourth-order valence-electron chi connectivity index (χ4n) is 1.87. The van der Waals surface area contributed by atoms with Crippen LogP contribution in [0.1, 0.15) is 12.8 Å². The summed E-state index contributed by atoms with van der Waals surface area (Å²) in [7, 11) is 1.95. The minimum absolute atomic E-state index is 0.149. The molecule has 0 spiro atoms. The highest BCUT2D eigenvalue weighted by atomic mass is 35.5. The van der Waals surface area contributed by atoms with Gasteiger partial charge in [-0.05, 0) is 12.1 Å². The zero-order valence-corrected chi connectivity index (χ0v) is 12.7. The van der Waals surface area contributed by atoms with Crippen LogP contribution in [0.4, 0.5) is 5.69 Å². The van der Waals surface area contributed by atoms with Gasteiger partial charge in [0.15, 0.2) is 0 Å². The Bertz CT molecular complexity index is 482. The molecule has 0 aliphatic carbocycles. The van der Waals surface area contributed by atoms with Crippen LogP contribution in [0, 0.1) is 0 Å². The summed E-state index contributed by atoms with van der Waals surface area (Å²) in [5.74, 6) is -1.62. The van der Waals surface area contributed by atoms with Gasteiger partial charge in [-0.25, -0.2) is 0 Å². The van der Waals surface area contributed by atoms with E-state index in [1.165, 1.54) is 0 Å². The Morgan fingerprint density at radius 1 is 1.33 bits per heavy atom.